The third-order valence-corrected chi connectivity index (χ3v) is 10.9. The maximum atomic E-state index is 12.7. The Hall–Kier alpha value is -1.72. The molecule has 4 aliphatic carbocycles. The minimum absolute atomic E-state index is 0.0705. The van der Waals surface area contributed by atoms with Gasteiger partial charge in [-0.3, -0.25) is 4.79 Å². The van der Waals surface area contributed by atoms with Crippen molar-refractivity contribution in [2.24, 2.45) is 28.6 Å². The van der Waals surface area contributed by atoms with Crippen LogP contribution in [0.4, 0.5) is 0 Å². The molecule has 6 rings (SSSR count). The first-order valence-corrected chi connectivity index (χ1v) is 12.6. The third-order valence-electron chi connectivity index (χ3n) is 9.63. The summed E-state index contributed by atoms with van der Waals surface area (Å²) in [7, 11) is 0. The number of fused-ring (bicyclic) bond motifs is 7. The molecule has 4 aliphatic rings. The number of aliphatic hydroxyl groups excluding tert-OH is 1. The van der Waals surface area contributed by atoms with E-state index in [1.165, 1.54) is 4.88 Å². The van der Waals surface area contributed by atoms with E-state index in [4.69, 9.17) is 4.98 Å². The molecule has 0 amide bonds. The summed E-state index contributed by atoms with van der Waals surface area (Å²) in [6.45, 7) is 4.62. The minimum Gasteiger partial charge on any atom is -0.508 e. The molecule has 164 valence electrons. The van der Waals surface area contributed by atoms with Gasteiger partial charge in [0.05, 0.1) is 11.8 Å². The zero-order chi connectivity index (χ0) is 21.5. The molecule has 1 aromatic carbocycles. The van der Waals surface area contributed by atoms with Crippen molar-refractivity contribution in [1.82, 2.24) is 4.98 Å². The zero-order valence-corrected chi connectivity index (χ0v) is 19.1. The van der Waals surface area contributed by atoms with Crippen molar-refractivity contribution >= 4 is 17.1 Å². The van der Waals surface area contributed by atoms with Gasteiger partial charge in [-0.2, -0.15) is 0 Å². The van der Waals surface area contributed by atoms with Crippen LogP contribution in [0.15, 0.2) is 24.3 Å². The SMILES string of the molecule is C[C@]12CCc3nc(-c4ccc(O)cc4)sc3[C@@H]1[C@@H](O)C[C@@H]1[C@@H]2CC[C@]2(C)C(=O)CC[C@@H]12. The van der Waals surface area contributed by atoms with Gasteiger partial charge in [0.25, 0.3) is 0 Å². The van der Waals surface area contributed by atoms with E-state index in [0.717, 1.165) is 61.2 Å². The van der Waals surface area contributed by atoms with Gasteiger partial charge in [0.1, 0.15) is 16.5 Å². The lowest BCUT2D eigenvalue weighted by atomic mass is 9.45. The van der Waals surface area contributed by atoms with Crippen LogP contribution in [0.5, 0.6) is 5.75 Å². The average molecular weight is 438 g/mol. The molecule has 0 radical (unpaired) electrons. The highest BCUT2D eigenvalue weighted by Gasteiger charge is 2.62. The van der Waals surface area contributed by atoms with Crippen LogP contribution in [0.3, 0.4) is 0 Å². The first kappa shape index (κ1) is 19.9. The Morgan fingerprint density at radius 2 is 1.84 bits per heavy atom. The number of phenols is 1. The summed E-state index contributed by atoms with van der Waals surface area (Å²) < 4.78 is 0. The fourth-order valence-electron chi connectivity index (χ4n) is 8.01. The van der Waals surface area contributed by atoms with E-state index in [1.54, 1.807) is 23.5 Å². The zero-order valence-electron chi connectivity index (χ0n) is 18.3. The summed E-state index contributed by atoms with van der Waals surface area (Å²) in [6.07, 6.45) is 6.37. The number of benzene rings is 1. The van der Waals surface area contributed by atoms with Gasteiger partial charge in [-0.1, -0.05) is 13.8 Å². The fraction of sp³-hybridized carbons (Fsp3) is 0.615. The second kappa shape index (κ2) is 6.64. The molecular weight excluding hydrogens is 406 g/mol. The number of carbonyl (C=O) groups is 1. The number of hydrogen-bond donors (Lipinski definition) is 2. The van der Waals surface area contributed by atoms with Crippen molar-refractivity contribution < 1.29 is 15.0 Å². The van der Waals surface area contributed by atoms with E-state index >= 15 is 0 Å². The summed E-state index contributed by atoms with van der Waals surface area (Å²) in [5, 5.41) is 22.1. The van der Waals surface area contributed by atoms with Crippen LogP contribution >= 0.6 is 11.3 Å². The maximum Gasteiger partial charge on any atom is 0.139 e. The molecule has 1 heterocycles. The largest absolute Gasteiger partial charge is 0.508 e. The first-order valence-electron chi connectivity index (χ1n) is 11.8. The van der Waals surface area contributed by atoms with E-state index in [2.05, 4.69) is 13.8 Å². The van der Waals surface area contributed by atoms with Gasteiger partial charge in [-0.15, -0.1) is 11.3 Å². The topological polar surface area (TPSA) is 70.4 Å². The second-order valence-electron chi connectivity index (χ2n) is 11.0. The number of hydrogen-bond acceptors (Lipinski definition) is 5. The first-order chi connectivity index (χ1) is 14.8. The predicted octanol–water partition coefficient (Wildman–Crippen LogP) is 5.33. The highest BCUT2D eigenvalue weighted by Crippen LogP contribution is 2.67. The number of Topliss-reactive ketones (excluding diaryl/α,β-unsaturated/α-hetero) is 1. The average Bonchev–Trinajstić information content (AvgIpc) is 3.29. The number of aliphatic hydroxyl groups is 1. The van der Waals surface area contributed by atoms with Crippen molar-refractivity contribution in [3.05, 3.63) is 34.8 Å². The van der Waals surface area contributed by atoms with Crippen LogP contribution in [-0.4, -0.2) is 27.1 Å². The van der Waals surface area contributed by atoms with Crippen LogP contribution in [0, 0.1) is 28.6 Å². The molecule has 4 nitrogen and oxygen atoms in total. The second-order valence-corrected chi connectivity index (χ2v) is 12.0. The molecule has 0 spiro atoms. The van der Waals surface area contributed by atoms with Gasteiger partial charge >= 0.3 is 0 Å². The molecule has 31 heavy (non-hydrogen) atoms. The Bertz CT molecular complexity index is 1050. The van der Waals surface area contributed by atoms with Gasteiger partial charge in [0, 0.05) is 28.2 Å². The molecule has 0 bridgehead atoms. The Kier molecular flexibility index (Phi) is 4.27. The van der Waals surface area contributed by atoms with E-state index in [-0.39, 0.29) is 28.6 Å². The van der Waals surface area contributed by atoms with Crippen LogP contribution in [0.2, 0.25) is 0 Å². The normalized spacial score (nSPS) is 41.3. The van der Waals surface area contributed by atoms with Crippen molar-refractivity contribution in [3.63, 3.8) is 0 Å². The van der Waals surface area contributed by atoms with Crippen molar-refractivity contribution in [1.29, 1.82) is 0 Å². The Balaban J connectivity index is 1.38. The van der Waals surface area contributed by atoms with Gasteiger partial charge in [-0.25, -0.2) is 4.98 Å². The van der Waals surface area contributed by atoms with Crippen molar-refractivity contribution in [2.45, 2.75) is 70.8 Å². The summed E-state index contributed by atoms with van der Waals surface area (Å²) in [5.41, 5.74) is 2.10. The molecule has 2 aromatic rings. The summed E-state index contributed by atoms with van der Waals surface area (Å²) in [6, 6.07) is 7.26. The molecule has 3 saturated carbocycles. The van der Waals surface area contributed by atoms with Gasteiger partial charge in [0.2, 0.25) is 0 Å². The van der Waals surface area contributed by atoms with E-state index in [1.807, 2.05) is 12.1 Å². The Morgan fingerprint density at radius 1 is 1.06 bits per heavy atom. The molecule has 0 aliphatic heterocycles. The van der Waals surface area contributed by atoms with Crippen LogP contribution < -0.4 is 0 Å². The third kappa shape index (κ3) is 2.69. The number of rotatable bonds is 1. The number of phenolic OH excluding ortho intramolecular Hbond substituents is 1. The standard InChI is InChI=1S/C26H31NO3S/c1-25-11-9-18-16(17(25)7-8-21(25)30)13-20(29)22-23-19(10-12-26(18,22)2)27-24(31-23)14-3-5-15(28)6-4-14/h3-6,16-18,20,22,28-29H,7-13H2,1-2H3/t16-,17-,18-,20-,22-,25-,26+/m0/s1. The number of ketones is 1. The molecule has 7 atom stereocenters. The number of aromatic nitrogens is 1. The van der Waals surface area contributed by atoms with E-state index < -0.39 is 0 Å². The highest BCUT2D eigenvalue weighted by atomic mass is 32.1. The number of carbonyl (C=O) groups excluding carboxylic acids is 1. The van der Waals surface area contributed by atoms with Crippen LogP contribution in [0.1, 0.15) is 68.9 Å². The number of nitrogens with zero attached hydrogens (tertiary/aromatic N) is 1. The predicted molar refractivity (Wildman–Crippen MR) is 121 cm³/mol. The minimum atomic E-state index is -0.364. The molecule has 0 unspecified atom stereocenters. The van der Waals surface area contributed by atoms with Crippen molar-refractivity contribution in [2.75, 3.05) is 0 Å². The van der Waals surface area contributed by atoms with Crippen LogP contribution in [-0.2, 0) is 11.2 Å². The van der Waals surface area contributed by atoms with Crippen LogP contribution in [0.25, 0.3) is 10.6 Å². The van der Waals surface area contributed by atoms with Crippen molar-refractivity contribution in [3.8, 4) is 16.3 Å². The smallest absolute Gasteiger partial charge is 0.139 e. The lowest BCUT2D eigenvalue weighted by Gasteiger charge is -2.60. The molecule has 1 aromatic heterocycles. The number of thiazole rings is 1. The molecular formula is C26H31NO3S. The molecule has 5 heteroatoms. The van der Waals surface area contributed by atoms with Gasteiger partial charge in [0.15, 0.2) is 0 Å². The van der Waals surface area contributed by atoms with Gasteiger partial charge < -0.3 is 10.2 Å². The number of aryl methyl sites for hydroxylation is 1. The number of aromatic hydroxyl groups is 1. The van der Waals surface area contributed by atoms with Gasteiger partial charge in [-0.05, 0) is 86.0 Å². The summed E-state index contributed by atoms with van der Waals surface area (Å²) in [4.78, 5) is 18.9. The monoisotopic (exact) mass is 437 g/mol. The van der Waals surface area contributed by atoms with E-state index in [9.17, 15) is 15.0 Å². The molecule has 2 N–H and O–H groups in total. The quantitative estimate of drug-likeness (QED) is 0.633. The Morgan fingerprint density at radius 3 is 2.61 bits per heavy atom. The Labute approximate surface area is 187 Å². The fourth-order valence-corrected chi connectivity index (χ4v) is 9.44. The maximum absolute atomic E-state index is 12.7. The highest BCUT2D eigenvalue weighted by molar-refractivity contribution is 7.15. The molecule has 3 fully saturated rings. The lowest BCUT2D eigenvalue weighted by molar-refractivity contribution is -0.142. The lowest BCUT2D eigenvalue weighted by Crippen LogP contribution is -2.56. The molecule has 0 saturated heterocycles. The summed E-state index contributed by atoms with van der Waals surface area (Å²) >= 11 is 1.73. The summed E-state index contributed by atoms with van der Waals surface area (Å²) in [5.74, 6) is 2.36. The van der Waals surface area contributed by atoms with E-state index in [0.29, 0.717) is 23.5 Å².